The Kier molecular flexibility index (Phi) is 6.77. The van der Waals surface area contributed by atoms with Gasteiger partial charge in [-0.3, -0.25) is 14.4 Å². The van der Waals surface area contributed by atoms with Crippen LogP contribution in [0.25, 0.3) is 0 Å². The first-order valence-corrected chi connectivity index (χ1v) is 10.3. The first-order valence-electron chi connectivity index (χ1n) is 9.23. The van der Waals surface area contributed by atoms with E-state index in [1.807, 2.05) is 0 Å². The van der Waals surface area contributed by atoms with E-state index in [1.165, 1.54) is 11.8 Å². The van der Waals surface area contributed by atoms with E-state index in [0.29, 0.717) is 5.56 Å². The third kappa shape index (κ3) is 4.94. The quantitative estimate of drug-likeness (QED) is 0.660. The number of rotatable bonds is 5. The molecule has 1 N–H and O–H groups in total. The van der Waals surface area contributed by atoms with Gasteiger partial charge in [-0.15, -0.1) is 11.8 Å². The van der Waals surface area contributed by atoms with Gasteiger partial charge in [0.15, 0.2) is 0 Å². The molecule has 0 bridgehead atoms. The fourth-order valence-electron chi connectivity index (χ4n) is 3.50. The SMILES string of the molecule is COC(=O)[C@@H]1CS[C@@H]2C[C@@H](C(=O)OCc3ccccc3)[C@H](NC(=O)C(F)(F)F)C(=O)N21. The van der Waals surface area contributed by atoms with E-state index in [0.717, 1.165) is 12.0 Å². The van der Waals surface area contributed by atoms with Gasteiger partial charge < -0.3 is 19.7 Å². The average molecular weight is 460 g/mol. The van der Waals surface area contributed by atoms with Crippen molar-refractivity contribution in [2.45, 2.75) is 36.7 Å². The molecular weight excluding hydrogens is 441 g/mol. The number of carbonyl (C=O) groups excluding carboxylic acids is 4. The average Bonchev–Trinajstić information content (AvgIpc) is 3.17. The number of alkyl halides is 3. The molecule has 2 saturated heterocycles. The summed E-state index contributed by atoms with van der Waals surface area (Å²) in [4.78, 5) is 50.3. The van der Waals surface area contributed by atoms with Crippen LogP contribution in [0.1, 0.15) is 12.0 Å². The Labute approximate surface area is 179 Å². The lowest BCUT2D eigenvalue weighted by Gasteiger charge is -2.40. The fourth-order valence-corrected chi connectivity index (χ4v) is 4.95. The minimum absolute atomic E-state index is 0.0830. The van der Waals surface area contributed by atoms with Gasteiger partial charge in [0.1, 0.15) is 18.7 Å². The lowest BCUT2D eigenvalue weighted by Crippen LogP contribution is -2.63. The van der Waals surface area contributed by atoms with Crippen LogP contribution in [0.5, 0.6) is 0 Å². The Morgan fingerprint density at radius 2 is 1.87 bits per heavy atom. The smallest absolute Gasteiger partial charge is 0.467 e. The Hall–Kier alpha value is -2.76. The number of fused-ring (bicyclic) bond motifs is 1. The van der Waals surface area contributed by atoms with Gasteiger partial charge in [-0.25, -0.2) is 4.79 Å². The van der Waals surface area contributed by atoms with Gasteiger partial charge in [-0.2, -0.15) is 13.2 Å². The summed E-state index contributed by atoms with van der Waals surface area (Å²) < 4.78 is 48.3. The summed E-state index contributed by atoms with van der Waals surface area (Å²) in [6.45, 7) is -0.142. The summed E-state index contributed by atoms with van der Waals surface area (Å²) in [6.07, 6.45) is -5.34. The van der Waals surface area contributed by atoms with E-state index in [4.69, 9.17) is 4.74 Å². The summed E-state index contributed by atoms with van der Waals surface area (Å²) in [6, 6.07) is 5.75. The van der Waals surface area contributed by atoms with Gasteiger partial charge >= 0.3 is 24.0 Å². The summed E-state index contributed by atoms with van der Waals surface area (Å²) in [5.41, 5.74) is 0.650. The highest BCUT2D eigenvalue weighted by Crippen LogP contribution is 2.40. The second-order valence-corrected chi connectivity index (χ2v) is 8.17. The zero-order chi connectivity index (χ0) is 22.8. The molecule has 2 amide bonds. The van der Waals surface area contributed by atoms with Gasteiger partial charge in [0.05, 0.1) is 18.4 Å². The zero-order valence-electron chi connectivity index (χ0n) is 16.3. The minimum Gasteiger partial charge on any atom is -0.467 e. The number of esters is 2. The van der Waals surface area contributed by atoms with Crippen LogP contribution in [-0.2, 0) is 35.3 Å². The molecule has 0 unspecified atom stereocenters. The number of nitrogens with one attached hydrogen (secondary N) is 1. The maximum absolute atomic E-state index is 13.0. The highest BCUT2D eigenvalue weighted by Gasteiger charge is 2.54. The van der Waals surface area contributed by atoms with Crippen molar-refractivity contribution in [3.8, 4) is 0 Å². The first kappa shape index (κ1) is 22.9. The Balaban J connectivity index is 1.82. The number of ether oxygens (including phenoxy) is 2. The van der Waals surface area contributed by atoms with E-state index in [1.54, 1.807) is 35.6 Å². The van der Waals surface area contributed by atoms with Crippen molar-refractivity contribution >= 4 is 35.5 Å². The normalized spacial score (nSPS) is 25.5. The lowest BCUT2D eigenvalue weighted by atomic mass is 9.89. The van der Waals surface area contributed by atoms with Crippen LogP contribution in [0.4, 0.5) is 13.2 Å². The van der Waals surface area contributed by atoms with E-state index in [9.17, 15) is 32.3 Å². The lowest BCUT2D eigenvalue weighted by molar-refractivity contribution is -0.178. The van der Waals surface area contributed by atoms with Crippen LogP contribution >= 0.6 is 11.8 Å². The number of nitrogens with zero attached hydrogens (tertiary/aromatic N) is 1. The van der Waals surface area contributed by atoms with Gasteiger partial charge in [0, 0.05) is 5.75 Å². The highest BCUT2D eigenvalue weighted by molar-refractivity contribution is 8.00. The maximum Gasteiger partial charge on any atom is 0.471 e. The molecule has 1 aromatic rings. The third-order valence-electron chi connectivity index (χ3n) is 5.01. The maximum atomic E-state index is 13.0. The second-order valence-electron chi connectivity index (χ2n) is 6.96. The Morgan fingerprint density at radius 3 is 2.48 bits per heavy atom. The molecule has 0 aliphatic carbocycles. The molecule has 12 heteroatoms. The van der Waals surface area contributed by atoms with Crippen molar-refractivity contribution in [2.75, 3.05) is 12.9 Å². The monoisotopic (exact) mass is 460 g/mol. The van der Waals surface area contributed by atoms with Crippen LogP contribution in [0.15, 0.2) is 30.3 Å². The predicted octanol–water partition coefficient (Wildman–Crippen LogP) is 1.24. The number of methoxy groups -OCH3 is 1. The van der Waals surface area contributed by atoms with Gasteiger partial charge in [0.25, 0.3) is 0 Å². The Bertz CT molecular complexity index is 866. The predicted molar refractivity (Wildman–Crippen MR) is 101 cm³/mol. The third-order valence-corrected chi connectivity index (χ3v) is 6.33. The number of carbonyl (C=O) groups is 4. The molecule has 2 heterocycles. The second kappa shape index (κ2) is 9.16. The molecule has 31 heavy (non-hydrogen) atoms. The molecular formula is C19H19F3N2O6S. The Morgan fingerprint density at radius 1 is 1.19 bits per heavy atom. The van der Waals surface area contributed by atoms with Crippen LogP contribution in [-0.4, -0.2) is 65.1 Å². The molecule has 8 nitrogen and oxygen atoms in total. The summed E-state index contributed by atoms with van der Waals surface area (Å²) >= 11 is 1.21. The first-order chi connectivity index (χ1) is 14.6. The standard InChI is InChI=1S/C19H19F3N2O6S/c1-29-17(27)12-9-31-13-7-11(16(26)30-8-10-5-3-2-4-6-10)14(15(25)24(12)13)23-18(28)19(20,21)22/h2-6,11-14H,7-9H2,1H3,(H,23,28)/t11-,12+,13-,14+/m1/s1. The number of thioether (sulfide) groups is 1. The highest BCUT2D eigenvalue weighted by atomic mass is 32.2. The largest absolute Gasteiger partial charge is 0.471 e. The molecule has 2 fully saturated rings. The van der Waals surface area contributed by atoms with E-state index >= 15 is 0 Å². The molecule has 4 atom stereocenters. The van der Waals surface area contributed by atoms with Gasteiger partial charge in [-0.1, -0.05) is 30.3 Å². The van der Waals surface area contributed by atoms with Crippen molar-refractivity contribution < 1.29 is 41.8 Å². The summed E-state index contributed by atoms with van der Waals surface area (Å²) in [5.74, 6) is -6.13. The topological polar surface area (TPSA) is 102 Å². The van der Waals surface area contributed by atoms with Crippen LogP contribution in [0, 0.1) is 5.92 Å². The number of amides is 2. The number of benzene rings is 1. The van der Waals surface area contributed by atoms with Gasteiger partial charge in [-0.05, 0) is 12.0 Å². The van der Waals surface area contributed by atoms with Crippen molar-refractivity contribution in [3.05, 3.63) is 35.9 Å². The molecule has 0 spiro atoms. The van der Waals surface area contributed by atoms with Crippen LogP contribution < -0.4 is 5.32 Å². The van der Waals surface area contributed by atoms with Gasteiger partial charge in [0.2, 0.25) is 5.91 Å². The number of hydrogen-bond donors (Lipinski definition) is 1. The number of halogens is 3. The summed E-state index contributed by atoms with van der Waals surface area (Å²) in [5, 5.41) is 0.976. The van der Waals surface area contributed by atoms with E-state index in [2.05, 4.69) is 4.74 Å². The molecule has 2 aliphatic rings. The van der Waals surface area contributed by atoms with Crippen molar-refractivity contribution in [1.82, 2.24) is 10.2 Å². The minimum atomic E-state index is -5.25. The van der Waals surface area contributed by atoms with Crippen molar-refractivity contribution in [3.63, 3.8) is 0 Å². The molecule has 1 aromatic carbocycles. The van der Waals surface area contributed by atoms with Crippen molar-refractivity contribution in [2.24, 2.45) is 5.92 Å². The van der Waals surface area contributed by atoms with Crippen molar-refractivity contribution in [1.29, 1.82) is 0 Å². The van der Waals surface area contributed by atoms with E-state index < -0.39 is 53.3 Å². The molecule has 0 aromatic heterocycles. The molecule has 0 radical (unpaired) electrons. The van der Waals surface area contributed by atoms with Crippen LogP contribution in [0.2, 0.25) is 0 Å². The number of piperidine rings is 1. The molecule has 3 rings (SSSR count). The zero-order valence-corrected chi connectivity index (χ0v) is 17.1. The van der Waals surface area contributed by atoms with Crippen LogP contribution in [0.3, 0.4) is 0 Å². The molecule has 168 valence electrons. The summed E-state index contributed by atoms with van der Waals surface area (Å²) in [7, 11) is 1.13. The van der Waals surface area contributed by atoms with E-state index in [-0.39, 0.29) is 18.8 Å². The molecule has 2 aliphatic heterocycles. The number of hydrogen-bond acceptors (Lipinski definition) is 7. The fraction of sp³-hybridized carbons (Fsp3) is 0.474. The molecule has 0 saturated carbocycles.